The fourth-order valence-electron chi connectivity index (χ4n) is 2.24. The number of nitrogens with one attached hydrogen (secondary N) is 1. The minimum Gasteiger partial charge on any atom is -0.424 e. The number of fused-ring (bicyclic) bond motifs is 1. The van der Waals surface area contributed by atoms with Crippen LogP contribution in [0.1, 0.15) is 18.9 Å². The molecule has 0 radical (unpaired) electrons. The summed E-state index contributed by atoms with van der Waals surface area (Å²) in [5.74, 6) is 0. The number of rotatable bonds is 5. The molecule has 0 saturated heterocycles. The smallest absolute Gasteiger partial charge is 0.295 e. The van der Waals surface area contributed by atoms with E-state index in [1.165, 1.54) is 5.56 Å². The topological polar surface area (TPSA) is 38.1 Å². The van der Waals surface area contributed by atoms with Gasteiger partial charge in [-0.25, -0.2) is 0 Å². The molecule has 20 heavy (non-hydrogen) atoms. The fourth-order valence-corrected chi connectivity index (χ4v) is 2.24. The first-order valence-electron chi connectivity index (χ1n) is 6.97. The van der Waals surface area contributed by atoms with Gasteiger partial charge < -0.3 is 9.73 Å². The van der Waals surface area contributed by atoms with Crippen molar-refractivity contribution < 1.29 is 4.42 Å². The summed E-state index contributed by atoms with van der Waals surface area (Å²) in [7, 11) is 0. The number of anilines is 1. The molecule has 3 rings (SSSR count). The van der Waals surface area contributed by atoms with Crippen molar-refractivity contribution in [1.29, 1.82) is 0 Å². The number of oxazole rings is 1. The standard InChI is InChI=1S/C17H18N2O/c1-13(11-12-14-7-3-2-4-8-14)18-17-19-15-9-5-6-10-16(15)20-17/h2-10,13H,11-12H2,1H3,(H,18,19). The van der Waals surface area contributed by atoms with Crippen LogP contribution in [0.25, 0.3) is 11.1 Å². The van der Waals surface area contributed by atoms with Gasteiger partial charge in [-0.1, -0.05) is 42.5 Å². The molecule has 0 amide bonds. The summed E-state index contributed by atoms with van der Waals surface area (Å²) < 4.78 is 5.67. The maximum absolute atomic E-state index is 5.67. The highest BCUT2D eigenvalue weighted by molar-refractivity contribution is 5.74. The van der Waals surface area contributed by atoms with Gasteiger partial charge in [-0.05, 0) is 37.5 Å². The van der Waals surface area contributed by atoms with E-state index in [-0.39, 0.29) is 0 Å². The second-order valence-corrected chi connectivity index (χ2v) is 5.06. The molecular weight excluding hydrogens is 248 g/mol. The van der Waals surface area contributed by atoms with E-state index >= 15 is 0 Å². The molecule has 1 unspecified atom stereocenters. The molecule has 0 aliphatic carbocycles. The van der Waals surface area contributed by atoms with Crippen LogP contribution in [0.5, 0.6) is 0 Å². The van der Waals surface area contributed by atoms with Gasteiger partial charge >= 0.3 is 0 Å². The number of benzene rings is 2. The van der Waals surface area contributed by atoms with E-state index in [9.17, 15) is 0 Å². The summed E-state index contributed by atoms with van der Waals surface area (Å²) in [6, 6.07) is 19.3. The van der Waals surface area contributed by atoms with Crippen molar-refractivity contribution in [2.45, 2.75) is 25.8 Å². The van der Waals surface area contributed by atoms with Gasteiger partial charge in [-0.15, -0.1) is 0 Å². The third kappa shape index (κ3) is 2.99. The number of nitrogens with zero attached hydrogens (tertiary/aromatic N) is 1. The number of para-hydroxylation sites is 2. The second-order valence-electron chi connectivity index (χ2n) is 5.06. The van der Waals surface area contributed by atoms with Crippen LogP contribution < -0.4 is 5.32 Å². The van der Waals surface area contributed by atoms with Crippen LogP contribution in [0.3, 0.4) is 0 Å². The summed E-state index contributed by atoms with van der Waals surface area (Å²) in [4.78, 5) is 4.43. The van der Waals surface area contributed by atoms with Gasteiger partial charge in [-0.3, -0.25) is 0 Å². The molecule has 0 aliphatic heterocycles. The summed E-state index contributed by atoms with van der Waals surface area (Å²) in [6.07, 6.45) is 2.10. The van der Waals surface area contributed by atoms with Crippen molar-refractivity contribution in [2.24, 2.45) is 0 Å². The van der Waals surface area contributed by atoms with Crippen LogP contribution in [0.4, 0.5) is 6.01 Å². The molecule has 0 saturated carbocycles. The third-order valence-corrected chi connectivity index (χ3v) is 3.37. The lowest BCUT2D eigenvalue weighted by Gasteiger charge is -2.11. The molecule has 1 atom stereocenters. The van der Waals surface area contributed by atoms with E-state index in [0.717, 1.165) is 23.9 Å². The van der Waals surface area contributed by atoms with Crippen molar-refractivity contribution in [1.82, 2.24) is 4.98 Å². The Balaban J connectivity index is 1.59. The molecule has 102 valence electrons. The number of aryl methyl sites for hydroxylation is 1. The fraction of sp³-hybridized carbons (Fsp3) is 0.235. The minimum atomic E-state index is 0.322. The zero-order valence-corrected chi connectivity index (χ0v) is 11.5. The van der Waals surface area contributed by atoms with Crippen molar-refractivity contribution in [3.8, 4) is 0 Å². The van der Waals surface area contributed by atoms with Crippen LogP contribution in [-0.4, -0.2) is 11.0 Å². The van der Waals surface area contributed by atoms with Crippen LogP contribution in [0.2, 0.25) is 0 Å². The Hall–Kier alpha value is -2.29. The second kappa shape index (κ2) is 5.78. The number of hydrogen-bond donors (Lipinski definition) is 1. The van der Waals surface area contributed by atoms with Crippen LogP contribution in [-0.2, 0) is 6.42 Å². The van der Waals surface area contributed by atoms with Crippen LogP contribution >= 0.6 is 0 Å². The largest absolute Gasteiger partial charge is 0.424 e. The maximum atomic E-state index is 5.67. The maximum Gasteiger partial charge on any atom is 0.295 e. The van der Waals surface area contributed by atoms with E-state index in [2.05, 4.69) is 41.5 Å². The predicted molar refractivity (Wildman–Crippen MR) is 81.9 cm³/mol. The SMILES string of the molecule is CC(CCc1ccccc1)Nc1nc2ccccc2o1. The van der Waals surface area contributed by atoms with E-state index in [1.54, 1.807) is 0 Å². The van der Waals surface area contributed by atoms with E-state index in [0.29, 0.717) is 12.1 Å². The Morgan fingerprint density at radius 1 is 1.05 bits per heavy atom. The highest BCUT2D eigenvalue weighted by atomic mass is 16.4. The predicted octanol–water partition coefficient (Wildman–Crippen LogP) is 4.26. The van der Waals surface area contributed by atoms with Crippen molar-refractivity contribution in [3.05, 3.63) is 60.2 Å². The van der Waals surface area contributed by atoms with E-state index in [1.807, 2.05) is 30.3 Å². The van der Waals surface area contributed by atoms with Gasteiger partial charge in [-0.2, -0.15) is 4.98 Å². The Bertz CT molecular complexity index is 643. The lowest BCUT2D eigenvalue weighted by atomic mass is 10.1. The van der Waals surface area contributed by atoms with Crippen LogP contribution in [0, 0.1) is 0 Å². The molecule has 1 heterocycles. The quantitative estimate of drug-likeness (QED) is 0.749. The molecule has 0 fully saturated rings. The van der Waals surface area contributed by atoms with Crippen molar-refractivity contribution in [2.75, 3.05) is 5.32 Å². The van der Waals surface area contributed by atoms with Crippen LogP contribution in [0.15, 0.2) is 59.0 Å². The molecule has 0 bridgehead atoms. The Morgan fingerprint density at radius 3 is 2.60 bits per heavy atom. The zero-order valence-electron chi connectivity index (χ0n) is 11.5. The van der Waals surface area contributed by atoms with Crippen molar-refractivity contribution >= 4 is 17.1 Å². The van der Waals surface area contributed by atoms with Gasteiger partial charge in [0.2, 0.25) is 0 Å². The van der Waals surface area contributed by atoms with E-state index in [4.69, 9.17) is 4.42 Å². The average Bonchev–Trinajstić information content (AvgIpc) is 2.88. The molecule has 1 N–H and O–H groups in total. The number of hydrogen-bond acceptors (Lipinski definition) is 3. The normalized spacial score (nSPS) is 12.4. The first-order chi connectivity index (χ1) is 9.81. The summed E-state index contributed by atoms with van der Waals surface area (Å²) in [5, 5.41) is 3.32. The monoisotopic (exact) mass is 266 g/mol. The first-order valence-corrected chi connectivity index (χ1v) is 6.97. The Morgan fingerprint density at radius 2 is 1.80 bits per heavy atom. The summed E-state index contributed by atoms with van der Waals surface area (Å²) in [6.45, 7) is 2.15. The molecule has 3 nitrogen and oxygen atoms in total. The van der Waals surface area contributed by atoms with Gasteiger partial charge in [0.05, 0.1) is 0 Å². The molecule has 3 heteroatoms. The minimum absolute atomic E-state index is 0.322. The Kier molecular flexibility index (Phi) is 3.68. The summed E-state index contributed by atoms with van der Waals surface area (Å²) in [5.41, 5.74) is 3.08. The van der Waals surface area contributed by atoms with Crippen molar-refractivity contribution in [3.63, 3.8) is 0 Å². The lowest BCUT2D eigenvalue weighted by Crippen LogP contribution is -2.16. The molecular formula is C17H18N2O. The highest BCUT2D eigenvalue weighted by Crippen LogP contribution is 2.19. The van der Waals surface area contributed by atoms with E-state index < -0.39 is 0 Å². The molecule has 0 aliphatic rings. The lowest BCUT2D eigenvalue weighted by molar-refractivity contribution is 0.589. The molecule has 3 aromatic rings. The summed E-state index contributed by atoms with van der Waals surface area (Å²) >= 11 is 0. The van der Waals surface area contributed by atoms with Gasteiger partial charge in [0.15, 0.2) is 5.58 Å². The van der Waals surface area contributed by atoms with Gasteiger partial charge in [0.1, 0.15) is 5.52 Å². The first kappa shape index (κ1) is 12.7. The zero-order chi connectivity index (χ0) is 13.8. The molecule has 2 aromatic carbocycles. The van der Waals surface area contributed by atoms with Gasteiger partial charge in [0.25, 0.3) is 6.01 Å². The number of aromatic nitrogens is 1. The molecule has 0 spiro atoms. The van der Waals surface area contributed by atoms with Gasteiger partial charge in [0, 0.05) is 6.04 Å². The highest BCUT2D eigenvalue weighted by Gasteiger charge is 2.08. The molecule has 1 aromatic heterocycles. The average molecular weight is 266 g/mol. The Labute approximate surface area is 118 Å². The third-order valence-electron chi connectivity index (χ3n) is 3.37.